The van der Waals surface area contributed by atoms with Gasteiger partial charge in [-0.2, -0.15) is 0 Å². The molecule has 0 radical (unpaired) electrons. The zero-order valence-corrected chi connectivity index (χ0v) is 13.3. The van der Waals surface area contributed by atoms with Crippen molar-refractivity contribution in [2.45, 2.75) is 78.8 Å². The molecule has 1 heterocycles. The molecule has 0 aromatic carbocycles. The second-order valence-electron chi connectivity index (χ2n) is 6.43. The number of rotatable bonds is 8. The standard InChI is InChI=1S/C16H34N2/c1-6-9-15(12-17-14(4)5)18-11-10-16(7-2,8-3)13-18/h14-15,17H,6-13H2,1-5H3. The largest absolute Gasteiger partial charge is 0.313 e. The van der Waals surface area contributed by atoms with Gasteiger partial charge in [0.15, 0.2) is 0 Å². The summed E-state index contributed by atoms with van der Waals surface area (Å²) in [5, 5.41) is 3.63. The van der Waals surface area contributed by atoms with E-state index in [1.165, 1.54) is 45.2 Å². The molecule has 1 rings (SSSR count). The van der Waals surface area contributed by atoms with E-state index in [0.717, 1.165) is 12.6 Å². The van der Waals surface area contributed by atoms with Gasteiger partial charge in [-0.25, -0.2) is 0 Å². The summed E-state index contributed by atoms with van der Waals surface area (Å²) >= 11 is 0. The predicted molar refractivity (Wildman–Crippen MR) is 81.0 cm³/mol. The van der Waals surface area contributed by atoms with Crippen molar-refractivity contribution in [1.29, 1.82) is 0 Å². The Hall–Kier alpha value is -0.0800. The molecule has 1 atom stereocenters. The highest BCUT2D eigenvalue weighted by molar-refractivity contribution is 4.91. The zero-order chi connectivity index (χ0) is 13.6. The Morgan fingerprint density at radius 2 is 1.83 bits per heavy atom. The molecule has 1 unspecified atom stereocenters. The van der Waals surface area contributed by atoms with E-state index in [1.54, 1.807) is 0 Å². The topological polar surface area (TPSA) is 15.3 Å². The van der Waals surface area contributed by atoms with E-state index < -0.39 is 0 Å². The molecule has 2 nitrogen and oxygen atoms in total. The van der Waals surface area contributed by atoms with Gasteiger partial charge in [-0.1, -0.05) is 41.0 Å². The van der Waals surface area contributed by atoms with Crippen LogP contribution in [0.25, 0.3) is 0 Å². The molecule has 1 N–H and O–H groups in total. The first-order chi connectivity index (χ1) is 8.56. The highest BCUT2D eigenvalue weighted by Crippen LogP contribution is 2.38. The number of nitrogens with zero attached hydrogens (tertiary/aromatic N) is 1. The molecule has 0 saturated carbocycles. The van der Waals surface area contributed by atoms with E-state index >= 15 is 0 Å². The van der Waals surface area contributed by atoms with Crippen molar-refractivity contribution >= 4 is 0 Å². The van der Waals surface area contributed by atoms with Gasteiger partial charge in [-0.15, -0.1) is 0 Å². The minimum atomic E-state index is 0.606. The Morgan fingerprint density at radius 3 is 2.28 bits per heavy atom. The van der Waals surface area contributed by atoms with Crippen molar-refractivity contribution in [2.24, 2.45) is 5.41 Å². The lowest BCUT2D eigenvalue weighted by Crippen LogP contribution is -2.43. The van der Waals surface area contributed by atoms with Crippen molar-refractivity contribution in [1.82, 2.24) is 10.2 Å². The fourth-order valence-corrected chi connectivity index (χ4v) is 3.23. The van der Waals surface area contributed by atoms with Crippen LogP contribution in [0.5, 0.6) is 0 Å². The monoisotopic (exact) mass is 254 g/mol. The van der Waals surface area contributed by atoms with E-state index in [1.807, 2.05) is 0 Å². The average Bonchev–Trinajstić information content (AvgIpc) is 2.79. The predicted octanol–water partition coefficient (Wildman–Crippen LogP) is 3.67. The van der Waals surface area contributed by atoms with Crippen molar-refractivity contribution in [2.75, 3.05) is 19.6 Å². The van der Waals surface area contributed by atoms with Gasteiger partial charge >= 0.3 is 0 Å². The molecule has 1 fully saturated rings. The Labute approximate surface area is 115 Å². The van der Waals surface area contributed by atoms with Gasteiger partial charge < -0.3 is 5.32 Å². The first-order valence-electron chi connectivity index (χ1n) is 8.04. The third-order valence-electron chi connectivity index (χ3n) is 4.87. The summed E-state index contributed by atoms with van der Waals surface area (Å²) in [6.07, 6.45) is 6.73. The van der Waals surface area contributed by atoms with Crippen molar-refractivity contribution in [3.05, 3.63) is 0 Å². The van der Waals surface area contributed by atoms with Crippen LogP contribution in [0, 0.1) is 5.41 Å². The smallest absolute Gasteiger partial charge is 0.0220 e. The molecule has 0 spiro atoms. The molecule has 18 heavy (non-hydrogen) atoms. The molecular weight excluding hydrogens is 220 g/mol. The van der Waals surface area contributed by atoms with Crippen LogP contribution in [0.4, 0.5) is 0 Å². The summed E-state index contributed by atoms with van der Waals surface area (Å²) in [6.45, 7) is 15.3. The van der Waals surface area contributed by atoms with E-state index in [4.69, 9.17) is 0 Å². The quantitative estimate of drug-likeness (QED) is 0.711. The van der Waals surface area contributed by atoms with Gasteiger partial charge in [0.05, 0.1) is 0 Å². The second-order valence-corrected chi connectivity index (χ2v) is 6.43. The van der Waals surface area contributed by atoms with Crippen molar-refractivity contribution in [3.8, 4) is 0 Å². The molecule has 0 bridgehead atoms. The first kappa shape index (κ1) is 16.0. The minimum absolute atomic E-state index is 0.606. The van der Waals surface area contributed by atoms with E-state index in [9.17, 15) is 0 Å². The van der Waals surface area contributed by atoms with Gasteiger partial charge in [-0.05, 0) is 37.6 Å². The summed E-state index contributed by atoms with van der Waals surface area (Å²) in [7, 11) is 0. The fraction of sp³-hybridized carbons (Fsp3) is 1.00. The molecule has 1 saturated heterocycles. The highest BCUT2D eigenvalue weighted by Gasteiger charge is 2.37. The molecule has 0 amide bonds. The summed E-state index contributed by atoms with van der Waals surface area (Å²) in [4.78, 5) is 2.76. The van der Waals surface area contributed by atoms with E-state index in [2.05, 4.69) is 44.8 Å². The maximum Gasteiger partial charge on any atom is 0.0220 e. The van der Waals surface area contributed by atoms with Gasteiger partial charge in [-0.3, -0.25) is 4.90 Å². The summed E-state index contributed by atoms with van der Waals surface area (Å²) in [6, 6.07) is 1.35. The van der Waals surface area contributed by atoms with Crippen LogP contribution < -0.4 is 5.32 Å². The summed E-state index contributed by atoms with van der Waals surface area (Å²) in [5.41, 5.74) is 0.615. The molecular formula is C16H34N2. The summed E-state index contributed by atoms with van der Waals surface area (Å²) in [5.74, 6) is 0. The minimum Gasteiger partial charge on any atom is -0.313 e. The number of nitrogens with one attached hydrogen (secondary N) is 1. The molecule has 0 aliphatic carbocycles. The molecule has 0 aromatic rings. The molecule has 0 aromatic heterocycles. The van der Waals surface area contributed by atoms with Crippen LogP contribution in [-0.2, 0) is 0 Å². The van der Waals surface area contributed by atoms with Crippen LogP contribution in [0.2, 0.25) is 0 Å². The maximum absolute atomic E-state index is 3.63. The third kappa shape index (κ3) is 4.24. The fourth-order valence-electron chi connectivity index (χ4n) is 3.23. The van der Waals surface area contributed by atoms with Crippen molar-refractivity contribution in [3.63, 3.8) is 0 Å². The van der Waals surface area contributed by atoms with E-state index in [0.29, 0.717) is 11.5 Å². The zero-order valence-electron chi connectivity index (χ0n) is 13.3. The third-order valence-corrected chi connectivity index (χ3v) is 4.87. The molecule has 1 aliphatic heterocycles. The van der Waals surface area contributed by atoms with Crippen molar-refractivity contribution < 1.29 is 0 Å². The average molecular weight is 254 g/mol. The second kappa shape index (κ2) is 7.49. The highest BCUT2D eigenvalue weighted by atomic mass is 15.2. The Bertz CT molecular complexity index is 221. The Balaban J connectivity index is 2.54. The van der Waals surface area contributed by atoms with Crippen LogP contribution in [0.15, 0.2) is 0 Å². The van der Waals surface area contributed by atoms with E-state index in [-0.39, 0.29) is 0 Å². The van der Waals surface area contributed by atoms with Gasteiger partial charge in [0, 0.05) is 25.2 Å². The first-order valence-corrected chi connectivity index (χ1v) is 8.04. The number of hydrogen-bond donors (Lipinski definition) is 1. The van der Waals surface area contributed by atoms with Gasteiger partial charge in [0.25, 0.3) is 0 Å². The Kier molecular flexibility index (Phi) is 6.65. The lowest BCUT2D eigenvalue weighted by Gasteiger charge is -2.32. The normalized spacial score (nSPS) is 21.7. The van der Waals surface area contributed by atoms with Crippen LogP contribution in [0.1, 0.15) is 66.7 Å². The molecule has 1 aliphatic rings. The Morgan fingerprint density at radius 1 is 1.17 bits per heavy atom. The van der Waals surface area contributed by atoms with Crippen LogP contribution in [0.3, 0.4) is 0 Å². The number of likely N-dealkylation sites (tertiary alicyclic amines) is 1. The number of hydrogen-bond acceptors (Lipinski definition) is 2. The van der Waals surface area contributed by atoms with Gasteiger partial charge in [0.2, 0.25) is 0 Å². The van der Waals surface area contributed by atoms with Crippen LogP contribution in [-0.4, -0.2) is 36.6 Å². The van der Waals surface area contributed by atoms with Gasteiger partial charge in [0.1, 0.15) is 0 Å². The molecule has 108 valence electrons. The van der Waals surface area contributed by atoms with Crippen LogP contribution >= 0.6 is 0 Å². The SMILES string of the molecule is CCCC(CNC(C)C)N1CCC(CC)(CC)C1. The maximum atomic E-state index is 3.63. The molecule has 2 heteroatoms. The lowest BCUT2D eigenvalue weighted by molar-refractivity contribution is 0.180. The summed E-state index contributed by atoms with van der Waals surface area (Å²) < 4.78 is 0. The lowest BCUT2D eigenvalue weighted by atomic mass is 9.82.